The van der Waals surface area contributed by atoms with Gasteiger partial charge >= 0.3 is 0 Å². The summed E-state index contributed by atoms with van der Waals surface area (Å²) in [7, 11) is -1.75. The van der Waals surface area contributed by atoms with Crippen LogP contribution in [-0.4, -0.2) is 43.7 Å². The smallest absolute Gasteiger partial charge is 0.243 e. The van der Waals surface area contributed by atoms with Gasteiger partial charge in [0.15, 0.2) is 0 Å². The Kier molecular flexibility index (Phi) is 6.12. The summed E-state index contributed by atoms with van der Waals surface area (Å²) in [5.74, 6) is -0.147. The molecule has 0 atom stereocenters. The molecular weight excluding hydrogens is 374 g/mol. The second kappa shape index (κ2) is 8.55. The molecule has 2 aromatic carbocycles. The number of nitrogens with zero attached hydrogens (tertiary/aromatic N) is 3. The van der Waals surface area contributed by atoms with Gasteiger partial charge in [0.2, 0.25) is 15.9 Å². The Labute approximate surface area is 166 Å². The highest BCUT2D eigenvalue weighted by molar-refractivity contribution is 7.89. The summed E-state index contributed by atoms with van der Waals surface area (Å²) < 4.78 is 26.9. The summed E-state index contributed by atoms with van der Waals surface area (Å²) >= 11 is 0. The summed E-state index contributed by atoms with van der Waals surface area (Å²) in [6.45, 7) is 1.16. The lowest BCUT2D eigenvalue weighted by molar-refractivity contribution is -0.135. The first-order chi connectivity index (χ1) is 13.4. The number of carbonyl (C=O) groups excluding carboxylic acids is 1. The van der Waals surface area contributed by atoms with Crippen molar-refractivity contribution < 1.29 is 13.2 Å². The molecule has 2 aromatic rings. The summed E-state index contributed by atoms with van der Waals surface area (Å²) in [5, 5.41) is 8.86. The Morgan fingerprint density at radius 2 is 1.71 bits per heavy atom. The molecule has 0 aliphatic carbocycles. The Bertz CT molecular complexity index is 958. The van der Waals surface area contributed by atoms with Crippen molar-refractivity contribution in [2.24, 2.45) is 5.92 Å². The molecule has 0 bridgehead atoms. The number of benzene rings is 2. The lowest BCUT2D eigenvalue weighted by Crippen LogP contribution is -2.43. The fourth-order valence-corrected chi connectivity index (χ4v) is 4.92. The van der Waals surface area contributed by atoms with E-state index in [0.29, 0.717) is 38.0 Å². The van der Waals surface area contributed by atoms with Gasteiger partial charge < -0.3 is 4.90 Å². The van der Waals surface area contributed by atoms with Crippen LogP contribution in [0.15, 0.2) is 59.5 Å². The minimum atomic E-state index is -3.50. The van der Waals surface area contributed by atoms with Crippen molar-refractivity contribution in [2.75, 3.05) is 20.1 Å². The van der Waals surface area contributed by atoms with E-state index in [9.17, 15) is 13.2 Å². The van der Waals surface area contributed by atoms with Crippen LogP contribution in [0.2, 0.25) is 0 Å². The number of piperidine rings is 1. The third-order valence-electron chi connectivity index (χ3n) is 5.06. The molecule has 1 heterocycles. The van der Waals surface area contributed by atoms with E-state index in [-0.39, 0.29) is 16.7 Å². The summed E-state index contributed by atoms with van der Waals surface area (Å²) in [4.78, 5) is 14.7. The van der Waals surface area contributed by atoms with Gasteiger partial charge in [0, 0.05) is 32.6 Å². The van der Waals surface area contributed by atoms with E-state index in [2.05, 4.69) is 6.07 Å². The number of amides is 1. The van der Waals surface area contributed by atoms with Gasteiger partial charge in [0.1, 0.15) is 0 Å². The highest BCUT2D eigenvalue weighted by atomic mass is 32.2. The van der Waals surface area contributed by atoms with Gasteiger partial charge in [0.25, 0.3) is 0 Å². The van der Waals surface area contributed by atoms with Gasteiger partial charge in [-0.25, -0.2) is 8.42 Å². The molecule has 28 heavy (non-hydrogen) atoms. The maximum absolute atomic E-state index is 12.8. The Morgan fingerprint density at radius 1 is 1.11 bits per heavy atom. The molecule has 3 rings (SSSR count). The summed E-state index contributed by atoms with van der Waals surface area (Å²) in [6.07, 6.45) is 1.03. The zero-order valence-corrected chi connectivity index (χ0v) is 16.6. The first-order valence-electron chi connectivity index (χ1n) is 9.21. The molecule has 0 radical (unpaired) electrons. The van der Waals surface area contributed by atoms with Crippen LogP contribution in [0.25, 0.3) is 0 Å². The lowest BCUT2D eigenvalue weighted by Gasteiger charge is -2.32. The number of hydrogen-bond donors (Lipinski definition) is 0. The maximum atomic E-state index is 12.8. The van der Waals surface area contributed by atoms with Crippen LogP contribution in [0.3, 0.4) is 0 Å². The molecule has 1 aliphatic heterocycles. The SMILES string of the molecule is CN(Cc1ccc(C#N)cc1)C(=O)C1CCN(S(=O)(=O)c2ccccc2)CC1. The van der Waals surface area contributed by atoms with Crippen LogP contribution in [0, 0.1) is 17.2 Å². The second-order valence-corrected chi connectivity index (χ2v) is 8.93. The summed E-state index contributed by atoms with van der Waals surface area (Å²) in [5.41, 5.74) is 1.55. The largest absolute Gasteiger partial charge is 0.341 e. The Morgan fingerprint density at radius 3 is 2.29 bits per heavy atom. The first-order valence-corrected chi connectivity index (χ1v) is 10.6. The Balaban J connectivity index is 1.58. The van der Waals surface area contributed by atoms with Crippen molar-refractivity contribution >= 4 is 15.9 Å². The molecule has 0 spiro atoms. The molecule has 0 unspecified atom stereocenters. The van der Waals surface area contributed by atoms with E-state index < -0.39 is 10.0 Å². The van der Waals surface area contributed by atoms with Crippen molar-refractivity contribution in [3.8, 4) is 6.07 Å². The number of carbonyl (C=O) groups is 1. The van der Waals surface area contributed by atoms with Crippen LogP contribution < -0.4 is 0 Å². The monoisotopic (exact) mass is 397 g/mol. The van der Waals surface area contributed by atoms with Crippen LogP contribution in [0.4, 0.5) is 0 Å². The molecule has 1 saturated heterocycles. The van der Waals surface area contributed by atoms with Gasteiger partial charge in [-0.1, -0.05) is 30.3 Å². The quantitative estimate of drug-likeness (QED) is 0.777. The normalized spacial score (nSPS) is 15.7. The third-order valence-corrected chi connectivity index (χ3v) is 6.98. The number of rotatable bonds is 5. The molecule has 1 fully saturated rings. The summed E-state index contributed by atoms with van der Waals surface area (Å²) in [6, 6.07) is 17.6. The minimum Gasteiger partial charge on any atom is -0.341 e. The zero-order valence-electron chi connectivity index (χ0n) is 15.8. The molecule has 146 valence electrons. The van der Waals surface area contributed by atoms with Gasteiger partial charge in [-0.3, -0.25) is 4.79 Å². The Hall–Kier alpha value is -2.69. The lowest BCUT2D eigenvalue weighted by atomic mass is 9.96. The van der Waals surface area contributed by atoms with E-state index in [1.54, 1.807) is 54.4 Å². The maximum Gasteiger partial charge on any atom is 0.243 e. The van der Waals surface area contributed by atoms with E-state index >= 15 is 0 Å². The second-order valence-electron chi connectivity index (χ2n) is 6.99. The van der Waals surface area contributed by atoms with Crippen molar-refractivity contribution in [3.63, 3.8) is 0 Å². The molecule has 6 nitrogen and oxygen atoms in total. The van der Waals surface area contributed by atoms with E-state index in [1.165, 1.54) is 4.31 Å². The fraction of sp³-hybridized carbons (Fsp3) is 0.333. The highest BCUT2D eigenvalue weighted by Crippen LogP contribution is 2.25. The molecule has 1 amide bonds. The topological polar surface area (TPSA) is 81.5 Å². The molecule has 0 aromatic heterocycles. The van der Waals surface area contributed by atoms with Crippen molar-refractivity contribution in [1.82, 2.24) is 9.21 Å². The molecule has 0 N–H and O–H groups in total. The highest BCUT2D eigenvalue weighted by Gasteiger charge is 2.33. The van der Waals surface area contributed by atoms with E-state index in [4.69, 9.17) is 5.26 Å². The predicted octanol–water partition coefficient (Wildman–Crippen LogP) is 2.62. The van der Waals surface area contributed by atoms with Crippen LogP contribution in [-0.2, 0) is 21.4 Å². The van der Waals surface area contributed by atoms with Gasteiger partial charge in [0.05, 0.1) is 16.5 Å². The average molecular weight is 398 g/mol. The predicted molar refractivity (Wildman–Crippen MR) is 106 cm³/mol. The van der Waals surface area contributed by atoms with Gasteiger partial charge in [-0.05, 0) is 42.7 Å². The van der Waals surface area contributed by atoms with Crippen molar-refractivity contribution in [2.45, 2.75) is 24.3 Å². The van der Waals surface area contributed by atoms with Crippen LogP contribution in [0.1, 0.15) is 24.0 Å². The van der Waals surface area contributed by atoms with Crippen molar-refractivity contribution in [3.05, 3.63) is 65.7 Å². The van der Waals surface area contributed by atoms with Crippen molar-refractivity contribution in [1.29, 1.82) is 5.26 Å². The standard InChI is InChI=1S/C21H23N3O3S/c1-23(16-18-9-7-17(15-22)8-10-18)21(25)19-11-13-24(14-12-19)28(26,27)20-5-3-2-4-6-20/h2-10,19H,11-14,16H2,1H3. The van der Waals surface area contributed by atoms with E-state index in [0.717, 1.165) is 5.56 Å². The van der Waals surface area contributed by atoms with Gasteiger partial charge in [-0.2, -0.15) is 9.57 Å². The number of nitriles is 1. The average Bonchev–Trinajstić information content (AvgIpc) is 2.74. The van der Waals surface area contributed by atoms with Crippen LogP contribution >= 0.6 is 0 Å². The zero-order chi connectivity index (χ0) is 20.1. The van der Waals surface area contributed by atoms with Crippen LogP contribution in [0.5, 0.6) is 0 Å². The molecule has 7 heteroatoms. The van der Waals surface area contributed by atoms with E-state index in [1.807, 2.05) is 12.1 Å². The molecule has 0 saturated carbocycles. The van der Waals surface area contributed by atoms with Gasteiger partial charge in [-0.15, -0.1) is 0 Å². The number of hydrogen-bond acceptors (Lipinski definition) is 4. The first kappa shape index (κ1) is 20.1. The third kappa shape index (κ3) is 4.41. The fourth-order valence-electron chi connectivity index (χ4n) is 3.43. The molecular formula is C21H23N3O3S. The minimum absolute atomic E-state index is 0.0288. The molecule has 1 aliphatic rings. The number of sulfonamides is 1.